The van der Waals surface area contributed by atoms with Crippen LogP contribution in [0.1, 0.15) is 33.8 Å². The number of hydrogen-bond donors (Lipinski definition) is 2. The lowest BCUT2D eigenvalue weighted by Crippen LogP contribution is -2.18. The third kappa shape index (κ3) is 4.53. The molecule has 0 fully saturated rings. The zero-order valence-corrected chi connectivity index (χ0v) is 15.6. The molecule has 0 radical (unpaired) electrons. The molecule has 2 aromatic carbocycles. The van der Waals surface area contributed by atoms with Crippen LogP contribution in [0.2, 0.25) is 5.02 Å². The van der Waals surface area contributed by atoms with Gasteiger partial charge in [-0.25, -0.2) is 9.18 Å². The first-order valence-electron chi connectivity index (χ1n) is 8.05. The van der Waals surface area contributed by atoms with E-state index in [0.717, 1.165) is 5.56 Å². The zero-order valence-electron chi connectivity index (χ0n) is 14.0. The van der Waals surface area contributed by atoms with Crippen molar-refractivity contribution in [3.8, 4) is 0 Å². The molecule has 138 valence electrons. The lowest BCUT2D eigenvalue weighted by atomic mass is 9.88. The minimum absolute atomic E-state index is 0.0299. The van der Waals surface area contributed by atoms with E-state index < -0.39 is 23.6 Å². The molecule has 3 aromatic rings. The summed E-state index contributed by atoms with van der Waals surface area (Å²) in [4.78, 5) is 23.8. The molecular formula is C20H15ClFNO3S. The highest BCUT2D eigenvalue weighted by atomic mass is 35.5. The van der Waals surface area contributed by atoms with Crippen LogP contribution in [0.4, 0.5) is 10.1 Å². The van der Waals surface area contributed by atoms with E-state index in [1.807, 2.05) is 0 Å². The van der Waals surface area contributed by atoms with E-state index in [-0.39, 0.29) is 17.7 Å². The lowest BCUT2D eigenvalue weighted by molar-refractivity contribution is -0.116. The molecule has 0 saturated heterocycles. The Hall–Kier alpha value is -2.70. The van der Waals surface area contributed by atoms with Crippen LogP contribution in [0, 0.1) is 5.82 Å². The maximum absolute atomic E-state index is 14.4. The zero-order chi connectivity index (χ0) is 19.4. The van der Waals surface area contributed by atoms with Crippen molar-refractivity contribution in [3.63, 3.8) is 0 Å². The largest absolute Gasteiger partial charge is 0.478 e. The van der Waals surface area contributed by atoms with Crippen molar-refractivity contribution in [1.29, 1.82) is 0 Å². The van der Waals surface area contributed by atoms with Crippen LogP contribution in [0.25, 0.3) is 0 Å². The van der Waals surface area contributed by atoms with Crippen molar-refractivity contribution in [2.24, 2.45) is 0 Å². The maximum Gasteiger partial charge on any atom is 0.338 e. The Labute approximate surface area is 164 Å². The average Bonchev–Trinajstić information content (AvgIpc) is 3.09. The van der Waals surface area contributed by atoms with Crippen molar-refractivity contribution < 1.29 is 19.1 Å². The Morgan fingerprint density at radius 1 is 1.11 bits per heavy atom. The summed E-state index contributed by atoms with van der Waals surface area (Å²) in [5.41, 5.74) is 1.39. The van der Waals surface area contributed by atoms with Gasteiger partial charge in [0.2, 0.25) is 5.91 Å². The second-order valence-corrected chi connectivity index (χ2v) is 7.06. The fourth-order valence-electron chi connectivity index (χ4n) is 2.81. The number of aromatic carboxylic acids is 1. The van der Waals surface area contributed by atoms with E-state index in [4.69, 9.17) is 16.7 Å². The number of carbonyl (C=O) groups is 2. The normalized spacial score (nSPS) is 11.8. The Morgan fingerprint density at radius 2 is 1.81 bits per heavy atom. The predicted octanol–water partition coefficient (Wildman–Crippen LogP) is 5.40. The highest BCUT2D eigenvalue weighted by Gasteiger charge is 2.22. The van der Waals surface area contributed by atoms with Crippen LogP contribution in [0.15, 0.2) is 59.3 Å². The molecule has 3 rings (SSSR count). The van der Waals surface area contributed by atoms with Gasteiger partial charge < -0.3 is 10.4 Å². The number of benzene rings is 2. The maximum atomic E-state index is 14.4. The average molecular weight is 404 g/mol. The molecule has 2 N–H and O–H groups in total. The summed E-state index contributed by atoms with van der Waals surface area (Å²) in [6.07, 6.45) is -0.0442. The molecule has 27 heavy (non-hydrogen) atoms. The Bertz CT molecular complexity index is 971. The number of amides is 1. The number of rotatable bonds is 6. The van der Waals surface area contributed by atoms with Gasteiger partial charge in [0.05, 0.1) is 11.3 Å². The van der Waals surface area contributed by atoms with Crippen LogP contribution in [-0.4, -0.2) is 17.0 Å². The van der Waals surface area contributed by atoms with Gasteiger partial charge in [0.15, 0.2) is 0 Å². The molecule has 1 heterocycles. The van der Waals surface area contributed by atoms with Gasteiger partial charge in [0.25, 0.3) is 0 Å². The highest BCUT2D eigenvalue weighted by molar-refractivity contribution is 7.08. The van der Waals surface area contributed by atoms with Gasteiger partial charge in [-0.3, -0.25) is 4.79 Å². The monoisotopic (exact) mass is 403 g/mol. The Morgan fingerprint density at radius 3 is 2.48 bits per heavy atom. The van der Waals surface area contributed by atoms with Gasteiger partial charge in [0.1, 0.15) is 5.82 Å². The second-order valence-electron chi connectivity index (χ2n) is 5.88. The summed E-state index contributed by atoms with van der Waals surface area (Å²) in [6, 6.07) is 13.1. The SMILES string of the molecule is O=C(CC(c1ccc(Cl)cc1)c1ccccc1F)Nc1cscc1C(=O)O. The summed E-state index contributed by atoms with van der Waals surface area (Å²) in [5, 5.41) is 15.3. The number of halogens is 2. The molecule has 1 amide bonds. The van der Waals surface area contributed by atoms with E-state index in [0.29, 0.717) is 10.6 Å². The molecule has 4 nitrogen and oxygen atoms in total. The number of carbonyl (C=O) groups excluding carboxylic acids is 1. The summed E-state index contributed by atoms with van der Waals surface area (Å²) >= 11 is 7.12. The van der Waals surface area contributed by atoms with E-state index in [2.05, 4.69) is 5.32 Å². The summed E-state index contributed by atoms with van der Waals surface area (Å²) < 4.78 is 14.4. The van der Waals surface area contributed by atoms with Crippen LogP contribution in [-0.2, 0) is 4.79 Å². The molecule has 0 aliphatic heterocycles. The van der Waals surface area contributed by atoms with Crippen LogP contribution in [0.5, 0.6) is 0 Å². The molecular weight excluding hydrogens is 389 g/mol. The van der Waals surface area contributed by atoms with E-state index in [1.54, 1.807) is 47.8 Å². The van der Waals surface area contributed by atoms with E-state index >= 15 is 0 Å². The van der Waals surface area contributed by atoms with Gasteiger partial charge in [0, 0.05) is 28.1 Å². The molecule has 1 atom stereocenters. The van der Waals surface area contributed by atoms with Gasteiger partial charge >= 0.3 is 5.97 Å². The number of hydrogen-bond acceptors (Lipinski definition) is 3. The summed E-state index contributed by atoms with van der Waals surface area (Å²) in [6.45, 7) is 0. The minimum atomic E-state index is -1.12. The summed E-state index contributed by atoms with van der Waals surface area (Å²) in [5.74, 6) is -2.46. The smallest absolute Gasteiger partial charge is 0.338 e. The third-order valence-electron chi connectivity index (χ3n) is 4.11. The van der Waals surface area contributed by atoms with Crippen molar-refractivity contribution in [3.05, 3.63) is 86.8 Å². The molecule has 0 aliphatic rings. The second kappa shape index (κ2) is 8.33. The van der Waals surface area contributed by atoms with Crippen LogP contribution >= 0.6 is 22.9 Å². The van der Waals surface area contributed by atoms with Gasteiger partial charge in [-0.15, -0.1) is 11.3 Å². The highest BCUT2D eigenvalue weighted by Crippen LogP contribution is 2.31. The first-order valence-corrected chi connectivity index (χ1v) is 9.37. The molecule has 7 heteroatoms. The number of nitrogens with one attached hydrogen (secondary N) is 1. The first kappa shape index (κ1) is 19.1. The fourth-order valence-corrected chi connectivity index (χ4v) is 3.69. The minimum Gasteiger partial charge on any atom is -0.478 e. The molecule has 1 unspecified atom stereocenters. The molecule has 0 aliphatic carbocycles. The predicted molar refractivity (Wildman–Crippen MR) is 104 cm³/mol. The van der Waals surface area contributed by atoms with E-state index in [9.17, 15) is 14.0 Å². The molecule has 1 aromatic heterocycles. The van der Waals surface area contributed by atoms with E-state index in [1.165, 1.54) is 22.8 Å². The number of carboxylic acid groups (broad SMARTS) is 1. The quantitative estimate of drug-likeness (QED) is 0.579. The van der Waals surface area contributed by atoms with Crippen molar-refractivity contribution >= 4 is 40.5 Å². The fraction of sp³-hybridized carbons (Fsp3) is 0.100. The third-order valence-corrected chi connectivity index (χ3v) is 5.10. The Kier molecular flexibility index (Phi) is 5.88. The van der Waals surface area contributed by atoms with Crippen molar-refractivity contribution in [2.75, 3.05) is 5.32 Å². The van der Waals surface area contributed by atoms with Crippen LogP contribution in [0.3, 0.4) is 0 Å². The van der Waals surface area contributed by atoms with Crippen molar-refractivity contribution in [1.82, 2.24) is 0 Å². The van der Waals surface area contributed by atoms with Crippen molar-refractivity contribution in [2.45, 2.75) is 12.3 Å². The first-order chi connectivity index (χ1) is 13.0. The molecule has 0 spiro atoms. The lowest BCUT2D eigenvalue weighted by Gasteiger charge is -2.18. The van der Waals surface area contributed by atoms with Gasteiger partial charge in [-0.05, 0) is 29.3 Å². The molecule has 0 saturated carbocycles. The van der Waals surface area contributed by atoms with Crippen LogP contribution < -0.4 is 5.32 Å². The molecule has 0 bridgehead atoms. The standard InChI is InChI=1S/C20H15ClFNO3S/c21-13-7-5-12(6-8-13)15(14-3-1-2-4-17(14)22)9-19(24)23-18-11-27-10-16(18)20(25)26/h1-8,10-11,15H,9H2,(H,23,24)(H,25,26). The van der Waals surface area contributed by atoms with Gasteiger partial charge in [-0.1, -0.05) is 41.9 Å². The Balaban J connectivity index is 1.88. The summed E-state index contributed by atoms with van der Waals surface area (Å²) in [7, 11) is 0. The number of thiophene rings is 1. The number of anilines is 1. The van der Waals surface area contributed by atoms with Gasteiger partial charge in [-0.2, -0.15) is 0 Å². The number of carboxylic acids is 1. The topological polar surface area (TPSA) is 66.4 Å².